The Labute approximate surface area is 149 Å². The Hall–Kier alpha value is -3.68. The Kier molecular flexibility index (Phi) is 3.85. The number of hydrogen-bond donors (Lipinski definition) is 3. The molecule has 0 atom stereocenters. The molecule has 8 nitrogen and oxygen atoms in total. The summed E-state index contributed by atoms with van der Waals surface area (Å²) in [5, 5.41) is 11.2. The summed E-state index contributed by atoms with van der Waals surface area (Å²) in [5.41, 5.74) is 9.34. The minimum atomic E-state index is 0.380. The number of nitrogens with one attached hydrogen (secondary N) is 2. The molecule has 0 amide bonds. The highest BCUT2D eigenvalue weighted by molar-refractivity contribution is 5.94. The van der Waals surface area contributed by atoms with E-state index in [9.17, 15) is 0 Å². The molecule has 0 spiro atoms. The van der Waals surface area contributed by atoms with Crippen LogP contribution in [0.15, 0.2) is 47.2 Å². The molecule has 8 heteroatoms. The number of aromatic nitrogens is 4. The van der Waals surface area contributed by atoms with Crippen LogP contribution >= 0.6 is 0 Å². The third-order valence-electron chi connectivity index (χ3n) is 3.88. The van der Waals surface area contributed by atoms with Gasteiger partial charge in [-0.3, -0.25) is 4.98 Å². The SMILES string of the molecule is Cc1ccc2c(Nc3ncnc(Nc4cc(C)on4)c3N)cccc2n1. The number of fused-ring (bicyclic) bond motifs is 1. The molecular formula is C18H17N7O. The van der Waals surface area contributed by atoms with Crippen molar-refractivity contribution >= 4 is 39.7 Å². The van der Waals surface area contributed by atoms with Crippen LogP contribution in [-0.4, -0.2) is 20.1 Å². The topological polar surface area (TPSA) is 115 Å². The number of nitrogen functional groups attached to an aromatic ring is 1. The molecule has 26 heavy (non-hydrogen) atoms. The molecule has 0 saturated heterocycles. The second-order valence-corrected chi connectivity index (χ2v) is 5.88. The van der Waals surface area contributed by atoms with Crippen molar-refractivity contribution in [3.63, 3.8) is 0 Å². The van der Waals surface area contributed by atoms with Crippen molar-refractivity contribution in [2.75, 3.05) is 16.4 Å². The van der Waals surface area contributed by atoms with E-state index in [4.69, 9.17) is 10.3 Å². The summed E-state index contributed by atoms with van der Waals surface area (Å²) in [6, 6.07) is 11.6. The van der Waals surface area contributed by atoms with Gasteiger partial charge in [-0.25, -0.2) is 9.97 Å². The lowest BCUT2D eigenvalue weighted by atomic mass is 10.1. The van der Waals surface area contributed by atoms with Gasteiger partial charge in [0.05, 0.1) is 5.52 Å². The first-order chi connectivity index (χ1) is 12.6. The van der Waals surface area contributed by atoms with Gasteiger partial charge >= 0.3 is 0 Å². The lowest BCUT2D eigenvalue weighted by Gasteiger charge is -2.13. The minimum Gasteiger partial charge on any atom is -0.393 e. The van der Waals surface area contributed by atoms with Crippen LogP contribution in [0.2, 0.25) is 0 Å². The molecule has 4 rings (SSSR count). The lowest BCUT2D eigenvalue weighted by Crippen LogP contribution is -2.05. The highest BCUT2D eigenvalue weighted by atomic mass is 16.5. The summed E-state index contributed by atoms with van der Waals surface area (Å²) in [6.07, 6.45) is 1.43. The second-order valence-electron chi connectivity index (χ2n) is 5.88. The molecule has 4 aromatic rings. The monoisotopic (exact) mass is 347 g/mol. The van der Waals surface area contributed by atoms with Crippen LogP contribution in [0.5, 0.6) is 0 Å². The maximum atomic E-state index is 6.23. The van der Waals surface area contributed by atoms with Gasteiger partial charge in [-0.1, -0.05) is 11.2 Å². The smallest absolute Gasteiger partial charge is 0.175 e. The van der Waals surface area contributed by atoms with E-state index in [0.717, 1.165) is 22.3 Å². The highest BCUT2D eigenvalue weighted by Crippen LogP contribution is 2.30. The zero-order chi connectivity index (χ0) is 18.1. The fourth-order valence-corrected chi connectivity index (χ4v) is 2.63. The first-order valence-electron chi connectivity index (χ1n) is 8.04. The fraction of sp³-hybridized carbons (Fsp3) is 0.111. The molecule has 3 aromatic heterocycles. The fourth-order valence-electron chi connectivity index (χ4n) is 2.63. The Balaban J connectivity index is 1.68. The highest BCUT2D eigenvalue weighted by Gasteiger charge is 2.12. The van der Waals surface area contributed by atoms with Gasteiger partial charge < -0.3 is 20.9 Å². The second kappa shape index (κ2) is 6.32. The number of nitrogens with zero attached hydrogens (tertiary/aromatic N) is 4. The Morgan fingerprint density at radius 1 is 1.00 bits per heavy atom. The zero-order valence-corrected chi connectivity index (χ0v) is 14.3. The van der Waals surface area contributed by atoms with E-state index >= 15 is 0 Å². The third-order valence-corrected chi connectivity index (χ3v) is 3.88. The van der Waals surface area contributed by atoms with Crippen molar-refractivity contribution < 1.29 is 4.52 Å². The molecule has 130 valence electrons. The zero-order valence-electron chi connectivity index (χ0n) is 14.3. The van der Waals surface area contributed by atoms with E-state index < -0.39 is 0 Å². The van der Waals surface area contributed by atoms with Crippen molar-refractivity contribution in [1.82, 2.24) is 20.1 Å². The van der Waals surface area contributed by atoms with E-state index in [1.165, 1.54) is 6.33 Å². The van der Waals surface area contributed by atoms with Crippen LogP contribution in [0.1, 0.15) is 11.5 Å². The van der Waals surface area contributed by atoms with Crippen LogP contribution in [0.4, 0.5) is 28.8 Å². The van der Waals surface area contributed by atoms with Crippen LogP contribution in [0.25, 0.3) is 10.9 Å². The van der Waals surface area contributed by atoms with Gasteiger partial charge in [0.25, 0.3) is 0 Å². The Bertz CT molecular complexity index is 1090. The number of anilines is 5. The average molecular weight is 347 g/mol. The van der Waals surface area contributed by atoms with Gasteiger partial charge in [0, 0.05) is 22.8 Å². The van der Waals surface area contributed by atoms with E-state index in [2.05, 4.69) is 30.7 Å². The van der Waals surface area contributed by atoms with Gasteiger partial charge in [0.15, 0.2) is 17.5 Å². The number of aryl methyl sites for hydroxylation is 2. The summed E-state index contributed by atoms with van der Waals surface area (Å²) in [6.45, 7) is 3.77. The number of pyridine rings is 1. The van der Waals surface area contributed by atoms with Crippen molar-refractivity contribution in [2.24, 2.45) is 0 Å². The number of rotatable bonds is 4. The number of benzene rings is 1. The summed E-state index contributed by atoms with van der Waals surface area (Å²) >= 11 is 0. The molecule has 4 N–H and O–H groups in total. The molecule has 0 aliphatic heterocycles. The first kappa shape index (κ1) is 15.8. The van der Waals surface area contributed by atoms with Crippen LogP contribution in [-0.2, 0) is 0 Å². The van der Waals surface area contributed by atoms with Gasteiger partial charge in [-0.05, 0) is 38.1 Å². The molecule has 0 unspecified atom stereocenters. The maximum Gasteiger partial charge on any atom is 0.175 e. The Morgan fingerprint density at radius 2 is 1.81 bits per heavy atom. The number of nitrogens with two attached hydrogens (primary N) is 1. The number of hydrogen-bond acceptors (Lipinski definition) is 8. The summed E-state index contributed by atoms with van der Waals surface area (Å²) in [7, 11) is 0. The van der Waals surface area contributed by atoms with Gasteiger partial charge in [-0.2, -0.15) is 0 Å². The van der Waals surface area contributed by atoms with Gasteiger partial charge in [0.2, 0.25) is 0 Å². The van der Waals surface area contributed by atoms with Crippen molar-refractivity contribution in [3.05, 3.63) is 54.2 Å². The van der Waals surface area contributed by atoms with Crippen molar-refractivity contribution in [1.29, 1.82) is 0 Å². The van der Waals surface area contributed by atoms with E-state index in [1.54, 1.807) is 6.07 Å². The maximum absolute atomic E-state index is 6.23. The summed E-state index contributed by atoms with van der Waals surface area (Å²) in [5.74, 6) is 2.17. The van der Waals surface area contributed by atoms with E-state index in [-0.39, 0.29) is 0 Å². The first-order valence-corrected chi connectivity index (χ1v) is 8.04. The molecule has 1 aromatic carbocycles. The molecule has 0 radical (unpaired) electrons. The standard InChI is InChI=1S/C18H17N7O/c1-10-6-7-12-13(22-10)4-3-5-14(12)23-17-16(19)18(21-9-20-17)24-15-8-11(2)26-25-15/h3-9H,19H2,1-2H3,(H2,20,21,23,24,25). The minimum absolute atomic E-state index is 0.380. The van der Waals surface area contributed by atoms with E-state index in [1.807, 2.05) is 44.2 Å². The molecule has 3 heterocycles. The largest absolute Gasteiger partial charge is 0.393 e. The van der Waals surface area contributed by atoms with E-state index in [0.29, 0.717) is 28.9 Å². The molecule has 0 aliphatic rings. The third kappa shape index (κ3) is 3.00. The van der Waals surface area contributed by atoms with Crippen LogP contribution in [0.3, 0.4) is 0 Å². The molecule has 0 fully saturated rings. The predicted octanol–water partition coefficient (Wildman–Crippen LogP) is 3.70. The van der Waals surface area contributed by atoms with Crippen molar-refractivity contribution in [3.8, 4) is 0 Å². The Morgan fingerprint density at radius 3 is 2.58 bits per heavy atom. The summed E-state index contributed by atoms with van der Waals surface area (Å²) in [4.78, 5) is 13.0. The molecule has 0 bridgehead atoms. The predicted molar refractivity (Wildman–Crippen MR) is 101 cm³/mol. The average Bonchev–Trinajstić information content (AvgIpc) is 3.03. The lowest BCUT2D eigenvalue weighted by molar-refractivity contribution is 0.400. The van der Waals surface area contributed by atoms with Crippen LogP contribution < -0.4 is 16.4 Å². The van der Waals surface area contributed by atoms with Gasteiger partial charge in [0.1, 0.15) is 17.8 Å². The normalized spacial score (nSPS) is 10.8. The quantitative estimate of drug-likeness (QED) is 0.512. The molecule has 0 saturated carbocycles. The van der Waals surface area contributed by atoms with Crippen LogP contribution in [0, 0.1) is 13.8 Å². The molecule has 0 aliphatic carbocycles. The molecular weight excluding hydrogens is 330 g/mol. The van der Waals surface area contributed by atoms with Gasteiger partial charge in [-0.15, -0.1) is 0 Å². The van der Waals surface area contributed by atoms with Crippen molar-refractivity contribution in [2.45, 2.75) is 13.8 Å². The summed E-state index contributed by atoms with van der Waals surface area (Å²) < 4.78 is 5.04.